The number of methoxy groups -OCH3 is 1. The summed E-state index contributed by atoms with van der Waals surface area (Å²) in [6, 6.07) is 5.72. The average molecular weight is 387 g/mol. The maximum Gasteiger partial charge on any atom is 0.281 e. The van der Waals surface area contributed by atoms with Crippen LogP contribution < -0.4 is 4.74 Å². The molecule has 1 heterocycles. The van der Waals surface area contributed by atoms with E-state index in [-0.39, 0.29) is 11.1 Å². The molecule has 120 valence electrons. The first kappa shape index (κ1) is 17.1. The van der Waals surface area contributed by atoms with Crippen molar-refractivity contribution in [3.8, 4) is 5.75 Å². The first-order valence-corrected chi connectivity index (χ1v) is 8.77. The summed E-state index contributed by atoms with van der Waals surface area (Å²) in [6.45, 7) is 1.70. The summed E-state index contributed by atoms with van der Waals surface area (Å²) in [5.74, 6) is 1.60. The summed E-state index contributed by atoms with van der Waals surface area (Å²) in [5, 5.41) is 0.0733. The van der Waals surface area contributed by atoms with Gasteiger partial charge in [0.1, 0.15) is 5.75 Å². The van der Waals surface area contributed by atoms with Crippen LogP contribution in [0, 0.1) is 0 Å². The van der Waals surface area contributed by atoms with Gasteiger partial charge < -0.3 is 14.5 Å². The highest BCUT2D eigenvalue weighted by atomic mass is 79.9. The molecule has 1 aromatic rings. The Morgan fingerprint density at radius 2 is 2.27 bits per heavy atom. The number of thioether (sulfide) groups is 1. The van der Waals surface area contributed by atoms with Crippen molar-refractivity contribution >= 4 is 38.8 Å². The number of hydrogen-bond donors (Lipinski definition) is 0. The number of halogens is 1. The van der Waals surface area contributed by atoms with E-state index in [1.54, 1.807) is 24.0 Å². The van der Waals surface area contributed by atoms with Crippen molar-refractivity contribution in [3.05, 3.63) is 28.2 Å². The fourth-order valence-corrected chi connectivity index (χ4v) is 3.52. The number of rotatable bonds is 6. The van der Waals surface area contributed by atoms with Crippen molar-refractivity contribution in [3.63, 3.8) is 0 Å². The van der Waals surface area contributed by atoms with Crippen molar-refractivity contribution in [1.29, 1.82) is 0 Å². The fourth-order valence-electron chi connectivity index (χ4n) is 2.26. The number of carbonyl (C=O) groups excluding carboxylic acids is 2. The molecule has 0 radical (unpaired) electrons. The van der Waals surface area contributed by atoms with Gasteiger partial charge in [-0.3, -0.25) is 9.59 Å². The Morgan fingerprint density at radius 3 is 2.91 bits per heavy atom. The minimum absolute atomic E-state index is 0.0201. The highest BCUT2D eigenvalue weighted by Crippen LogP contribution is 2.24. The Morgan fingerprint density at radius 1 is 1.50 bits per heavy atom. The van der Waals surface area contributed by atoms with Crippen LogP contribution in [0.3, 0.4) is 0 Å². The lowest BCUT2D eigenvalue weighted by Crippen LogP contribution is -2.32. The second kappa shape index (κ2) is 7.87. The Balaban J connectivity index is 1.91. The van der Waals surface area contributed by atoms with Crippen LogP contribution in [0.1, 0.15) is 12.0 Å². The standard InChI is InChI=1S/C15H19BrN2O3S/c1-17(10-11-9-12(16)3-4-13(11)21-2)14(19)5-6-18-7-8-22-15(18)20/h3-4,9H,5-8,10H2,1-2H3. The van der Waals surface area contributed by atoms with E-state index in [2.05, 4.69) is 15.9 Å². The smallest absolute Gasteiger partial charge is 0.281 e. The lowest BCUT2D eigenvalue weighted by Gasteiger charge is -2.21. The van der Waals surface area contributed by atoms with Gasteiger partial charge in [0.25, 0.3) is 5.24 Å². The van der Waals surface area contributed by atoms with E-state index >= 15 is 0 Å². The minimum atomic E-state index is 0.0201. The van der Waals surface area contributed by atoms with E-state index in [4.69, 9.17) is 4.74 Å². The first-order valence-electron chi connectivity index (χ1n) is 6.99. The van der Waals surface area contributed by atoms with Crippen LogP contribution in [-0.4, -0.2) is 53.9 Å². The van der Waals surface area contributed by atoms with Crippen molar-refractivity contribution in [2.75, 3.05) is 33.0 Å². The molecule has 5 nitrogen and oxygen atoms in total. The fraction of sp³-hybridized carbons (Fsp3) is 0.467. The summed E-state index contributed by atoms with van der Waals surface area (Å²) < 4.78 is 6.27. The molecule has 0 unspecified atom stereocenters. The van der Waals surface area contributed by atoms with E-state index in [9.17, 15) is 9.59 Å². The summed E-state index contributed by atoms with van der Waals surface area (Å²) >= 11 is 4.74. The molecule has 1 saturated heterocycles. The van der Waals surface area contributed by atoms with E-state index in [1.807, 2.05) is 18.2 Å². The Labute approximate surface area is 143 Å². The molecule has 1 fully saturated rings. The Kier molecular flexibility index (Phi) is 6.14. The normalized spacial score (nSPS) is 14.3. The molecular formula is C15H19BrN2O3S. The molecular weight excluding hydrogens is 368 g/mol. The molecule has 0 spiro atoms. The van der Waals surface area contributed by atoms with Crippen molar-refractivity contribution in [2.45, 2.75) is 13.0 Å². The van der Waals surface area contributed by atoms with Crippen molar-refractivity contribution in [1.82, 2.24) is 9.80 Å². The van der Waals surface area contributed by atoms with Crippen LogP contribution in [0.15, 0.2) is 22.7 Å². The molecule has 1 aliphatic rings. The third kappa shape index (κ3) is 4.39. The van der Waals surface area contributed by atoms with Gasteiger partial charge in [0.05, 0.1) is 7.11 Å². The number of amides is 2. The number of hydrogen-bond acceptors (Lipinski definition) is 4. The van der Waals surface area contributed by atoms with Gasteiger partial charge in [-0.2, -0.15) is 0 Å². The lowest BCUT2D eigenvalue weighted by atomic mass is 10.2. The highest BCUT2D eigenvalue weighted by Gasteiger charge is 2.22. The zero-order valence-electron chi connectivity index (χ0n) is 12.7. The first-order chi connectivity index (χ1) is 10.5. The Hall–Kier alpha value is -1.21. The van der Waals surface area contributed by atoms with Crippen molar-refractivity contribution in [2.24, 2.45) is 0 Å². The van der Waals surface area contributed by atoms with Gasteiger partial charge in [0.15, 0.2) is 0 Å². The Bertz CT molecular complexity index is 568. The molecule has 22 heavy (non-hydrogen) atoms. The van der Waals surface area contributed by atoms with E-state index in [0.29, 0.717) is 19.5 Å². The van der Waals surface area contributed by atoms with Crippen LogP contribution in [0.4, 0.5) is 4.79 Å². The third-order valence-electron chi connectivity index (χ3n) is 3.52. The van der Waals surface area contributed by atoms with Gasteiger partial charge in [-0.05, 0) is 18.2 Å². The monoisotopic (exact) mass is 386 g/mol. The second-order valence-corrected chi connectivity index (χ2v) is 7.02. The summed E-state index contributed by atoms with van der Waals surface area (Å²) in [4.78, 5) is 27.1. The van der Waals surface area contributed by atoms with E-state index in [0.717, 1.165) is 28.1 Å². The molecule has 0 saturated carbocycles. The predicted molar refractivity (Wildman–Crippen MR) is 91.2 cm³/mol. The average Bonchev–Trinajstić information content (AvgIpc) is 2.90. The van der Waals surface area contributed by atoms with Crippen LogP contribution in [-0.2, 0) is 11.3 Å². The molecule has 0 atom stereocenters. The molecule has 1 aromatic carbocycles. The van der Waals surface area contributed by atoms with Crippen LogP contribution in [0.2, 0.25) is 0 Å². The van der Waals surface area contributed by atoms with Gasteiger partial charge in [-0.25, -0.2) is 0 Å². The molecule has 1 aliphatic heterocycles. The molecule has 2 rings (SSSR count). The predicted octanol–water partition coefficient (Wildman–Crippen LogP) is 2.98. The topological polar surface area (TPSA) is 49.9 Å². The quantitative estimate of drug-likeness (QED) is 0.753. The molecule has 0 N–H and O–H groups in total. The molecule has 0 aliphatic carbocycles. The van der Waals surface area contributed by atoms with Crippen LogP contribution in [0.5, 0.6) is 5.75 Å². The number of carbonyl (C=O) groups is 2. The molecule has 7 heteroatoms. The van der Waals surface area contributed by atoms with Gasteiger partial charge in [0.2, 0.25) is 5.91 Å². The number of benzene rings is 1. The van der Waals surface area contributed by atoms with Gasteiger partial charge >= 0.3 is 0 Å². The largest absolute Gasteiger partial charge is 0.496 e. The van der Waals surface area contributed by atoms with Crippen molar-refractivity contribution < 1.29 is 14.3 Å². The van der Waals surface area contributed by atoms with Crippen LogP contribution >= 0.6 is 27.7 Å². The highest BCUT2D eigenvalue weighted by molar-refractivity contribution is 9.10. The summed E-state index contributed by atoms with van der Waals surface area (Å²) in [6.07, 6.45) is 0.346. The third-order valence-corrected chi connectivity index (χ3v) is 4.90. The van der Waals surface area contributed by atoms with Gasteiger partial charge in [-0.15, -0.1) is 0 Å². The SMILES string of the molecule is COc1ccc(Br)cc1CN(C)C(=O)CCN1CCSC1=O. The van der Waals surface area contributed by atoms with E-state index < -0.39 is 0 Å². The zero-order chi connectivity index (χ0) is 16.1. The molecule has 2 amide bonds. The zero-order valence-corrected chi connectivity index (χ0v) is 15.1. The molecule has 0 bridgehead atoms. The lowest BCUT2D eigenvalue weighted by molar-refractivity contribution is -0.130. The van der Waals surface area contributed by atoms with Gasteiger partial charge in [0, 0.05) is 48.9 Å². The number of nitrogens with zero attached hydrogens (tertiary/aromatic N) is 2. The minimum Gasteiger partial charge on any atom is -0.496 e. The molecule has 0 aromatic heterocycles. The maximum atomic E-state index is 12.2. The second-order valence-electron chi connectivity index (χ2n) is 5.06. The van der Waals surface area contributed by atoms with E-state index in [1.165, 1.54) is 11.8 Å². The maximum absolute atomic E-state index is 12.2. The summed E-state index contributed by atoms with van der Waals surface area (Å²) in [5.41, 5.74) is 0.945. The van der Waals surface area contributed by atoms with Gasteiger partial charge in [-0.1, -0.05) is 27.7 Å². The number of ether oxygens (including phenoxy) is 1. The van der Waals surface area contributed by atoms with Crippen LogP contribution in [0.25, 0.3) is 0 Å². The summed E-state index contributed by atoms with van der Waals surface area (Å²) in [7, 11) is 3.38.